The standard InChI is InChI=1S/C18H18N2O2S/c1-10-16(11-4-3-5-12(8-11)17(19)23)14-7-6-13(18(21)22-2)9-15(14)20-10/h3-10,16,20H,1-2H3,(H2,19,23). The van der Waals surface area contributed by atoms with E-state index in [2.05, 4.69) is 18.3 Å². The Hall–Kier alpha value is -2.40. The predicted octanol–water partition coefficient (Wildman–Crippen LogP) is 3.05. The van der Waals surface area contributed by atoms with Gasteiger partial charge in [0, 0.05) is 23.2 Å². The number of thiocarbonyl (C=S) groups is 1. The van der Waals surface area contributed by atoms with E-state index in [1.165, 1.54) is 7.11 Å². The van der Waals surface area contributed by atoms with E-state index >= 15 is 0 Å². The zero-order valence-corrected chi connectivity index (χ0v) is 13.8. The number of hydrogen-bond donors (Lipinski definition) is 2. The first-order chi connectivity index (χ1) is 11.0. The van der Waals surface area contributed by atoms with Crippen LogP contribution in [-0.2, 0) is 4.74 Å². The van der Waals surface area contributed by atoms with Gasteiger partial charge < -0.3 is 15.8 Å². The highest BCUT2D eigenvalue weighted by molar-refractivity contribution is 7.80. The molecule has 0 fully saturated rings. The first-order valence-corrected chi connectivity index (χ1v) is 7.80. The Morgan fingerprint density at radius 3 is 2.70 bits per heavy atom. The van der Waals surface area contributed by atoms with Gasteiger partial charge in [-0.25, -0.2) is 4.79 Å². The highest BCUT2D eigenvalue weighted by Gasteiger charge is 2.31. The van der Waals surface area contributed by atoms with Crippen LogP contribution in [0.5, 0.6) is 0 Å². The first-order valence-electron chi connectivity index (χ1n) is 7.40. The first kappa shape index (κ1) is 15.5. The summed E-state index contributed by atoms with van der Waals surface area (Å²) in [6, 6.07) is 13.8. The third-order valence-electron chi connectivity index (χ3n) is 4.22. The van der Waals surface area contributed by atoms with E-state index in [1.54, 1.807) is 6.07 Å². The fraction of sp³-hybridized carbons (Fsp3) is 0.222. The van der Waals surface area contributed by atoms with Crippen molar-refractivity contribution in [3.63, 3.8) is 0 Å². The number of benzene rings is 2. The van der Waals surface area contributed by atoms with Crippen molar-refractivity contribution in [2.24, 2.45) is 5.73 Å². The van der Waals surface area contributed by atoms with Crippen LogP contribution < -0.4 is 11.1 Å². The van der Waals surface area contributed by atoms with Gasteiger partial charge in [0.1, 0.15) is 4.99 Å². The molecule has 1 heterocycles. The summed E-state index contributed by atoms with van der Waals surface area (Å²) in [5.74, 6) is -0.146. The van der Waals surface area contributed by atoms with E-state index in [0.29, 0.717) is 10.6 Å². The van der Waals surface area contributed by atoms with Crippen molar-refractivity contribution in [3.8, 4) is 0 Å². The molecule has 3 N–H and O–H groups in total. The van der Waals surface area contributed by atoms with Gasteiger partial charge in [0.05, 0.1) is 12.7 Å². The fourth-order valence-electron chi connectivity index (χ4n) is 3.15. The molecule has 1 aliphatic rings. The molecular weight excluding hydrogens is 308 g/mol. The van der Waals surface area contributed by atoms with Crippen LogP contribution in [0, 0.1) is 0 Å². The van der Waals surface area contributed by atoms with Gasteiger partial charge in [0.25, 0.3) is 0 Å². The van der Waals surface area contributed by atoms with Crippen LogP contribution in [-0.4, -0.2) is 24.1 Å². The Labute approximate surface area is 140 Å². The molecule has 0 bridgehead atoms. The maximum absolute atomic E-state index is 11.7. The van der Waals surface area contributed by atoms with Gasteiger partial charge in [-0.2, -0.15) is 0 Å². The molecule has 0 saturated carbocycles. The highest BCUT2D eigenvalue weighted by atomic mass is 32.1. The van der Waals surface area contributed by atoms with Crippen LogP contribution in [0.15, 0.2) is 42.5 Å². The summed E-state index contributed by atoms with van der Waals surface area (Å²) in [5, 5.41) is 3.44. The third kappa shape index (κ3) is 2.80. The molecule has 2 atom stereocenters. The summed E-state index contributed by atoms with van der Waals surface area (Å²) in [4.78, 5) is 12.1. The molecule has 2 aromatic rings. The second-order valence-corrected chi connectivity index (χ2v) is 6.13. The van der Waals surface area contributed by atoms with Crippen molar-refractivity contribution in [3.05, 3.63) is 64.7 Å². The minimum atomic E-state index is -0.332. The minimum Gasteiger partial charge on any atom is -0.465 e. The molecule has 1 aliphatic heterocycles. The molecule has 3 rings (SSSR count). The molecule has 0 spiro atoms. The van der Waals surface area contributed by atoms with Crippen molar-refractivity contribution in [2.75, 3.05) is 12.4 Å². The van der Waals surface area contributed by atoms with Gasteiger partial charge in [-0.1, -0.05) is 36.5 Å². The smallest absolute Gasteiger partial charge is 0.337 e. The predicted molar refractivity (Wildman–Crippen MR) is 95.0 cm³/mol. The SMILES string of the molecule is COC(=O)c1ccc2c(c1)NC(C)C2c1cccc(C(N)=S)c1. The lowest BCUT2D eigenvalue weighted by Crippen LogP contribution is -2.18. The number of nitrogens with one attached hydrogen (secondary N) is 1. The number of rotatable bonds is 3. The monoisotopic (exact) mass is 326 g/mol. The average molecular weight is 326 g/mol. The largest absolute Gasteiger partial charge is 0.465 e. The summed E-state index contributed by atoms with van der Waals surface area (Å²) in [7, 11) is 1.38. The lowest BCUT2D eigenvalue weighted by Gasteiger charge is -2.17. The summed E-state index contributed by atoms with van der Waals surface area (Å²) in [6.45, 7) is 2.12. The van der Waals surface area contributed by atoms with Crippen molar-refractivity contribution >= 4 is 28.9 Å². The number of anilines is 1. The number of carbonyl (C=O) groups excluding carboxylic acids is 1. The summed E-state index contributed by atoms with van der Waals surface area (Å²) in [6.07, 6.45) is 0. The molecular formula is C18H18N2O2S. The van der Waals surface area contributed by atoms with Crippen LogP contribution in [0.25, 0.3) is 0 Å². The molecule has 23 heavy (non-hydrogen) atoms. The number of esters is 1. The number of nitrogens with two attached hydrogens (primary N) is 1. The highest BCUT2D eigenvalue weighted by Crippen LogP contribution is 2.40. The molecule has 5 heteroatoms. The molecule has 0 saturated heterocycles. The van der Waals surface area contributed by atoms with E-state index in [-0.39, 0.29) is 17.9 Å². The van der Waals surface area contributed by atoms with E-state index in [9.17, 15) is 4.79 Å². The summed E-state index contributed by atoms with van der Waals surface area (Å²) < 4.78 is 4.78. The molecule has 118 valence electrons. The number of fused-ring (bicyclic) bond motifs is 1. The van der Waals surface area contributed by atoms with E-state index in [1.807, 2.05) is 30.3 Å². The average Bonchev–Trinajstić information content (AvgIpc) is 2.88. The van der Waals surface area contributed by atoms with Crippen LogP contribution in [0.2, 0.25) is 0 Å². The molecule has 2 unspecified atom stereocenters. The zero-order valence-electron chi connectivity index (χ0n) is 13.0. The maximum Gasteiger partial charge on any atom is 0.337 e. The number of ether oxygens (including phenoxy) is 1. The van der Waals surface area contributed by atoms with Crippen molar-refractivity contribution < 1.29 is 9.53 Å². The lowest BCUT2D eigenvalue weighted by molar-refractivity contribution is 0.0601. The second kappa shape index (κ2) is 6.01. The van der Waals surface area contributed by atoms with Gasteiger partial charge >= 0.3 is 5.97 Å². The Kier molecular flexibility index (Phi) is 4.05. The zero-order chi connectivity index (χ0) is 16.6. The minimum absolute atomic E-state index is 0.186. The van der Waals surface area contributed by atoms with Crippen LogP contribution in [0.3, 0.4) is 0 Å². The quantitative estimate of drug-likeness (QED) is 0.670. The normalized spacial score (nSPS) is 18.9. The Morgan fingerprint density at radius 2 is 2.00 bits per heavy atom. The van der Waals surface area contributed by atoms with E-state index in [0.717, 1.165) is 22.4 Å². The van der Waals surface area contributed by atoms with Gasteiger partial charge in [0.2, 0.25) is 0 Å². The molecule has 0 radical (unpaired) electrons. The second-order valence-electron chi connectivity index (χ2n) is 5.69. The molecule has 0 aliphatic carbocycles. The number of hydrogen-bond acceptors (Lipinski definition) is 4. The topological polar surface area (TPSA) is 64.3 Å². The van der Waals surface area contributed by atoms with Gasteiger partial charge in [-0.3, -0.25) is 0 Å². The lowest BCUT2D eigenvalue weighted by atomic mass is 9.87. The molecule has 0 aromatic heterocycles. The third-order valence-corrected chi connectivity index (χ3v) is 4.46. The van der Waals surface area contributed by atoms with Gasteiger partial charge in [0.15, 0.2) is 0 Å². The summed E-state index contributed by atoms with van der Waals surface area (Å²) >= 11 is 5.07. The number of carbonyl (C=O) groups is 1. The van der Waals surface area contributed by atoms with Gasteiger partial charge in [-0.05, 0) is 36.2 Å². The van der Waals surface area contributed by atoms with Gasteiger partial charge in [-0.15, -0.1) is 0 Å². The Bertz CT molecular complexity index is 788. The fourth-order valence-corrected chi connectivity index (χ4v) is 3.28. The van der Waals surface area contributed by atoms with Crippen molar-refractivity contribution in [1.82, 2.24) is 0 Å². The van der Waals surface area contributed by atoms with Crippen LogP contribution >= 0.6 is 12.2 Å². The Balaban J connectivity index is 2.02. The molecule has 2 aromatic carbocycles. The van der Waals surface area contributed by atoms with Crippen LogP contribution in [0.4, 0.5) is 5.69 Å². The molecule has 4 nitrogen and oxygen atoms in total. The number of methoxy groups -OCH3 is 1. The Morgan fingerprint density at radius 1 is 1.22 bits per heavy atom. The maximum atomic E-state index is 11.7. The van der Waals surface area contributed by atoms with E-state index in [4.69, 9.17) is 22.7 Å². The van der Waals surface area contributed by atoms with Crippen molar-refractivity contribution in [1.29, 1.82) is 0 Å². The van der Waals surface area contributed by atoms with Crippen LogP contribution in [0.1, 0.15) is 39.9 Å². The van der Waals surface area contributed by atoms with Crippen molar-refractivity contribution in [2.45, 2.75) is 18.9 Å². The summed E-state index contributed by atoms with van der Waals surface area (Å²) in [5.41, 5.74) is 10.4. The molecule has 0 amide bonds. The van der Waals surface area contributed by atoms with E-state index < -0.39 is 0 Å².